The van der Waals surface area contributed by atoms with Gasteiger partial charge in [-0.15, -0.1) is 5.10 Å². The van der Waals surface area contributed by atoms with Crippen LogP contribution in [0.15, 0.2) is 30.5 Å². The molecule has 1 aliphatic rings. The molecule has 1 aromatic heterocycles. The highest BCUT2D eigenvalue weighted by molar-refractivity contribution is 5.92. The van der Waals surface area contributed by atoms with E-state index in [1.807, 2.05) is 4.90 Å². The second-order valence-electron chi connectivity index (χ2n) is 5.64. The van der Waals surface area contributed by atoms with Gasteiger partial charge in [0.25, 0.3) is 5.91 Å². The fraction of sp³-hybridized carbons (Fsp3) is 0.438. The van der Waals surface area contributed by atoms with Crippen LogP contribution in [-0.4, -0.2) is 51.5 Å². The van der Waals surface area contributed by atoms with Crippen LogP contribution < -0.4 is 5.32 Å². The average molecular weight is 317 g/mol. The zero-order valence-corrected chi connectivity index (χ0v) is 13.1. The molecule has 6 nitrogen and oxygen atoms in total. The van der Waals surface area contributed by atoms with E-state index in [1.165, 1.54) is 23.1 Å². The summed E-state index contributed by atoms with van der Waals surface area (Å²) in [5, 5.41) is 11.7. The van der Waals surface area contributed by atoms with Crippen LogP contribution in [0.5, 0.6) is 0 Å². The molecule has 2 heterocycles. The lowest BCUT2D eigenvalue weighted by molar-refractivity contribution is 0.0685. The van der Waals surface area contributed by atoms with Crippen molar-refractivity contribution in [2.75, 3.05) is 19.6 Å². The molecule has 1 fully saturated rings. The Balaban J connectivity index is 1.80. The van der Waals surface area contributed by atoms with Gasteiger partial charge in [0, 0.05) is 19.1 Å². The number of nitrogens with zero attached hydrogens (tertiary/aromatic N) is 4. The molecule has 0 spiro atoms. The van der Waals surface area contributed by atoms with E-state index < -0.39 is 0 Å². The highest BCUT2D eigenvalue weighted by Gasteiger charge is 2.28. The van der Waals surface area contributed by atoms with Crippen molar-refractivity contribution in [2.45, 2.75) is 25.8 Å². The molecule has 1 aromatic carbocycles. The summed E-state index contributed by atoms with van der Waals surface area (Å²) < 4.78 is 13.0. The summed E-state index contributed by atoms with van der Waals surface area (Å²) in [6, 6.07) is 6.04. The van der Waals surface area contributed by atoms with E-state index in [0.717, 1.165) is 25.9 Å². The third-order valence-electron chi connectivity index (χ3n) is 3.97. The maximum absolute atomic E-state index is 13.0. The number of carbonyl (C=O) groups excluding carboxylic acids is 1. The molecule has 1 saturated heterocycles. The summed E-state index contributed by atoms with van der Waals surface area (Å²) in [4.78, 5) is 16.0. The Morgan fingerprint density at radius 2 is 2.22 bits per heavy atom. The molecular weight excluding hydrogens is 297 g/mol. The van der Waals surface area contributed by atoms with Crippen molar-refractivity contribution in [1.29, 1.82) is 0 Å². The van der Waals surface area contributed by atoms with Crippen molar-refractivity contribution < 1.29 is 9.18 Å². The highest BCUT2D eigenvalue weighted by atomic mass is 19.1. The molecule has 1 N–H and O–H groups in total. The van der Waals surface area contributed by atoms with E-state index in [0.29, 0.717) is 17.9 Å². The van der Waals surface area contributed by atoms with Crippen LogP contribution in [0.25, 0.3) is 5.69 Å². The van der Waals surface area contributed by atoms with Crippen LogP contribution in [0.2, 0.25) is 0 Å². The quantitative estimate of drug-likeness (QED) is 0.910. The van der Waals surface area contributed by atoms with Gasteiger partial charge in [0.1, 0.15) is 5.82 Å². The Hall–Kier alpha value is -2.28. The lowest BCUT2D eigenvalue weighted by Gasteiger charge is -2.27. The van der Waals surface area contributed by atoms with Crippen molar-refractivity contribution >= 4 is 5.91 Å². The van der Waals surface area contributed by atoms with Crippen LogP contribution in [-0.2, 0) is 0 Å². The maximum atomic E-state index is 13.0. The van der Waals surface area contributed by atoms with Crippen LogP contribution in [0.1, 0.15) is 30.3 Å². The minimum Gasteiger partial charge on any atom is -0.333 e. The Morgan fingerprint density at radius 1 is 1.43 bits per heavy atom. The average Bonchev–Trinajstić information content (AvgIpc) is 3.24. The molecule has 122 valence electrons. The van der Waals surface area contributed by atoms with Crippen LogP contribution >= 0.6 is 0 Å². The van der Waals surface area contributed by atoms with E-state index >= 15 is 0 Å². The topological polar surface area (TPSA) is 63.1 Å². The zero-order chi connectivity index (χ0) is 16.2. The van der Waals surface area contributed by atoms with E-state index in [2.05, 4.69) is 22.4 Å². The van der Waals surface area contributed by atoms with Crippen LogP contribution in [0, 0.1) is 5.82 Å². The third kappa shape index (κ3) is 3.39. The first-order valence-electron chi connectivity index (χ1n) is 7.89. The Labute approximate surface area is 134 Å². The van der Waals surface area contributed by atoms with Crippen LogP contribution in [0.3, 0.4) is 0 Å². The van der Waals surface area contributed by atoms with Gasteiger partial charge in [-0.2, -0.15) is 9.90 Å². The largest absolute Gasteiger partial charge is 0.333 e. The Morgan fingerprint density at radius 3 is 2.87 bits per heavy atom. The molecular formula is C16H20FN5O. The van der Waals surface area contributed by atoms with Gasteiger partial charge in [0.05, 0.1) is 11.9 Å². The normalized spacial score (nSPS) is 17.4. The predicted octanol–water partition coefficient (Wildman–Crippen LogP) is 1.62. The van der Waals surface area contributed by atoms with Crippen molar-refractivity contribution in [2.24, 2.45) is 0 Å². The summed E-state index contributed by atoms with van der Waals surface area (Å²) in [7, 11) is 0. The van der Waals surface area contributed by atoms with Crippen molar-refractivity contribution in [1.82, 2.24) is 25.2 Å². The Bertz CT molecular complexity index is 663. The third-order valence-corrected chi connectivity index (χ3v) is 3.97. The smallest absolute Gasteiger partial charge is 0.276 e. The van der Waals surface area contributed by atoms with Crippen molar-refractivity contribution in [3.63, 3.8) is 0 Å². The number of hydrogen-bond donors (Lipinski definition) is 1. The maximum Gasteiger partial charge on any atom is 0.276 e. The number of rotatable bonds is 5. The summed E-state index contributed by atoms with van der Waals surface area (Å²) >= 11 is 0. The standard InChI is InChI=1S/C16H20FN5O/c1-2-9-21(14-7-8-18-10-14)16(23)15-11-19-22(20-15)13-5-3-12(17)4-6-13/h3-6,11,14,18H,2,7-10H2,1H3. The SMILES string of the molecule is CCCN(C(=O)c1cnn(-c2ccc(F)cc2)n1)C1CCNC1. The van der Waals surface area contributed by atoms with Gasteiger partial charge >= 0.3 is 0 Å². The van der Waals surface area contributed by atoms with Gasteiger partial charge < -0.3 is 10.2 Å². The number of hydrogen-bond acceptors (Lipinski definition) is 4. The number of aromatic nitrogens is 3. The molecule has 0 saturated carbocycles. The number of benzene rings is 1. The van der Waals surface area contributed by atoms with Gasteiger partial charge in [0.2, 0.25) is 0 Å². The number of nitrogens with one attached hydrogen (secondary N) is 1. The van der Waals surface area contributed by atoms with Gasteiger partial charge in [0.15, 0.2) is 5.69 Å². The van der Waals surface area contributed by atoms with E-state index in [9.17, 15) is 9.18 Å². The minimum absolute atomic E-state index is 0.103. The summed E-state index contributed by atoms with van der Waals surface area (Å²) in [5.74, 6) is -0.422. The Kier molecular flexibility index (Phi) is 4.66. The second kappa shape index (κ2) is 6.87. The number of halogens is 1. The zero-order valence-electron chi connectivity index (χ0n) is 13.1. The van der Waals surface area contributed by atoms with Gasteiger partial charge in [-0.1, -0.05) is 6.92 Å². The summed E-state index contributed by atoms with van der Waals surface area (Å²) in [6.07, 6.45) is 3.32. The molecule has 0 radical (unpaired) electrons. The van der Waals surface area contributed by atoms with Crippen LogP contribution in [0.4, 0.5) is 4.39 Å². The molecule has 2 aromatic rings. The first-order chi connectivity index (χ1) is 11.2. The first-order valence-corrected chi connectivity index (χ1v) is 7.89. The molecule has 3 rings (SSSR count). The highest BCUT2D eigenvalue weighted by Crippen LogP contribution is 2.14. The van der Waals surface area contributed by atoms with E-state index in [-0.39, 0.29) is 17.8 Å². The van der Waals surface area contributed by atoms with Gasteiger partial charge in [-0.25, -0.2) is 4.39 Å². The molecule has 1 atom stereocenters. The van der Waals surface area contributed by atoms with Gasteiger partial charge in [-0.3, -0.25) is 4.79 Å². The summed E-state index contributed by atoms with van der Waals surface area (Å²) in [6.45, 7) is 4.50. The second-order valence-corrected chi connectivity index (χ2v) is 5.64. The fourth-order valence-electron chi connectivity index (χ4n) is 2.80. The van der Waals surface area contributed by atoms with Crippen molar-refractivity contribution in [3.05, 3.63) is 42.0 Å². The first kappa shape index (κ1) is 15.6. The number of amides is 1. The molecule has 7 heteroatoms. The minimum atomic E-state index is -0.319. The fourth-order valence-corrected chi connectivity index (χ4v) is 2.80. The number of carbonyl (C=O) groups is 1. The summed E-state index contributed by atoms with van der Waals surface area (Å²) in [5.41, 5.74) is 0.935. The molecule has 1 aliphatic heterocycles. The lowest BCUT2D eigenvalue weighted by atomic mass is 10.2. The van der Waals surface area contributed by atoms with Crippen molar-refractivity contribution in [3.8, 4) is 5.69 Å². The molecule has 0 bridgehead atoms. The van der Waals surface area contributed by atoms with Gasteiger partial charge in [-0.05, 0) is 43.7 Å². The molecule has 1 amide bonds. The van der Waals surface area contributed by atoms with E-state index in [1.54, 1.807) is 12.1 Å². The molecule has 0 aliphatic carbocycles. The predicted molar refractivity (Wildman–Crippen MR) is 83.9 cm³/mol. The van der Waals surface area contributed by atoms with E-state index in [4.69, 9.17) is 0 Å². The monoisotopic (exact) mass is 317 g/mol. The molecule has 23 heavy (non-hydrogen) atoms. The lowest BCUT2D eigenvalue weighted by Crippen LogP contribution is -2.42. The molecule has 1 unspecified atom stereocenters.